The summed E-state index contributed by atoms with van der Waals surface area (Å²) in [5.74, 6) is -6.74. The molecule has 0 radical (unpaired) electrons. The summed E-state index contributed by atoms with van der Waals surface area (Å²) in [5.41, 5.74) is 0. The second-order valence-electron chi connectivity index (χ2n) is 5.26. The van der Waals surface area contributed by atoms with Gasteiger partial charge in [-0.15, -0.1) is 0 Å². The molecule has 1 rings (SSSR count). The van der Waals surface area contributed by atoms with E-state index < -0.39 is 48.5 Å². The van der Waals surface area contributed by atoms with Gasteiger partial charge in [0.15, 0.2) is 0 Å². The van der Waals surface area contributed by atoms with Crippen molar-refractivity contribution in [3.05, 3.63) is 0 Å². The predicted molar refractivity (Wildman–Crippen MR) is 61.7 cm³/mol. The molecule has 1 aliphatic rings. The Hall–Kier alpha value is -1.48. The molecule has 4 nitrogen and oxygen atoms in total. The minimum absolute atomic E-state index is 0.131. The van der Waals surface area contributed by atoms with Crippen LogP contribution in [0.5, 0.6) is 0 Å². The van der Waals surface area contributed by atoms with Gasteiger partial charge in [0.25, 0.3) is 0 Å². The van der Waals surface area contributed by atoms with Gasteiger partial charge in [0.05, 0.1) is 12.3 Å². The molecule has 0 aromatic heterocycles. The first kappa shape index (κ1) is 18.6. The standard InChI is InChI=1S/C12H15F6NO3/c13-11(14,15)5-8(10(21)22)19-9(20)6-3-1-2-4-7(6)12(16,17)18/h6-8H,1-5H2,(H,19,20)(H,21,22). The maximum Gasteiger partial charge on any atom is 0.392 e. The third kappa shape index (κ3) is 5.38. The van der Waals surface area contributed by atoms with E-state index in [1.165, 1.54) is 0 Å². The maximum atomic E-state index is 12.8. The average molecular weight is 335 g/mol. The van der Waals surface area contributed by atoms with Crippen molar-refractivity contribution >= 4 is 11.9 Å². The minimum atomic E-state index is -4.85. The number of rotatable bonds is 4. The fourth-order valence-corrected chi connectivity index (χ4v) is 2.55. The van der Waals surface area contributed by atoms with Crippen molar-refractivity contribution in [3.8, 4) is 0 Å². The Morgan fingerprint density at radius 1 is 1.09 bits per heavy atom. The molecule has 3 atom stereocenters. The summed E-state index contributed by atoms with van der Waals surface area (Å²) < 4.78 is 75.2. The number of carboxylic acid groups (broad SMARTS) is 1. The van der Waals surface area contributed by atoms with Crippen molar-refractivity contribution in [2.45, 2.75) is 50.5 Å². The van der Waals surface area contributed by atoms with Crippen LogP contribution in [0.25, 0.3) is 0 Å². The number of hydrogen-bond acceptors (Lipinski definition) is 2. The van der Waals surface area contributed by atoms with Gasteiger partial charge < -0.3 is 10.4 Å². The number of alkyl halides is 6. The van der Waals surface area contributed by atoms with Crippen molar-refractivity contribution in [2.24, 2.45) is 11.8 Å². The summed E-state index contributed by atoms with van der Waals surface area (Å²) >= 11 is 0. The number of nitrogens with one attached hydrogen (secondary N) is 1. The molecule has 0 aromatic rings. The monoisotopic (exact) mass is 335 g/mol. The highest BCUT2D eigenvalue weighted by atomic mass is 19.4. The van der Waals surface area contributed by atoms with Gasteiger partial charge in [-0.05, 0) is 12.8 Å². The van der Waals surface area contributed by atoms with Crippen LogP contribution < -0.4 is 5.32 Å². The van der Waals surface area contributed by atoms with Crippen LogP contribution in [0.15, 0.2) is 0 Å². The number of carbonyl (C=O) groups is 2. The van der Waals surface area contributed by atoms with Gasteiger partial charge in [-0.3, -0.25) is 4.79 Å². The Balaban J connectivity index is 2.81. The van der Waals surface area contributed by atoms with E-state index in [2.05, 4.69) is 0 Å². The highest BCUT2D eigenvalue weighted by Gasteiger charge is 2.48. The first-order chi connectivity index (χ1) is 9.92. The predicted octanol–water partition coefficient (Wildman–Crippen LogP) is 2.88. The fraction of sp³-hybridized carbons (Fsp3) is 0.833. The number of halogens is 6. The molecule has 2 N–H and O–H groups in total. The molecule has 0 aliphatic heterocycles. The Kier molecular flexibility index (Phi) is 5.69. The lowest BCUT2D eigenvalue weighted by molar-refractivity contribution is -0.198. The van der Waals surface area contributed by atoms with Crippen LogP contribution in [0.2, 0.25) is 0 Å². The molecule has 22 heavy (non-hydrogen) atoms. The summed E-state index contributed by atoms with van der Waals surface area (Å²) in [6, 6.07) is -2.29. The number of hydrogen-bond donors (Lipinski definition) is 2. The lowest BCUT2D eigenvalue weighted by Crippen LogP contribution is -2.49. The third-order valence-electron chi connectivity index (χ3n) is 3.57. The zero-order valence-corrected chi connectivity index (χ0v) is 11.3. The number of carbonyl (C=O) groups excluding carboxylic acids is 1. The van der Waals surface area contributed by atoms with Gasteiger partial charge in [0.1, 0.15) is 6.04 Å². The molecule has 3 unspecified atom stereocenters. The van der Waals surface area contributed by atoms with Crippen LogP contribution >= 0.6 is 0 Å². The zero-order valence-electron chi connectivity index (χ0n) is 11.3. The van der Waals surface area contributed by atoms with Crippen LogP contribution in [0, 0.1) is 11.8 Å². The third-order valence-corrected chi connectivity index (χ3v) is 3.57. The van der Waals surface area contributed by atoms with Crippen LogP contribution in [0.3, 0.4) is 0 Å². The highest BCUT2D eigenvalue weighted by molar-refractivity contribution is 5.85. The summed E-state index contributed by atoms with van der Waals surface area (Å²) in [7, 11) is 0. The molecule has 1 saturated carbocycles. The Labute approximate surface area is 121 Å². The first-order valence-corrected chi connectivity index (χ1v) is 6.58. The smallest absolute Gasteiger partial charge is 0.392 e. The van der Waals surface area contributed by atoms with Crippen molar-refractivity contribution in [1.29, 1.82) is 0 Å². The minimum Gasteiger partial charge on any atom is -0.480 e. The van der Waals surface area contributed by atoms with E-state index in [0.29, 0.717) is 6.42 Å². The van der Waals surface area contributed by atoms with Crippen LogP contribution in [0.4, 0.5) is 26.3 Å². The lowest BCUT2D eigenvalue weighted by atomic mass is 9.78. The van der Waals surface area contributed by atoms with Crippen LogP contribution in [-0.4, -0.2) is 35.4 Å². The molecule has 0 bridgehead atoms. The van der Waals surface area contributed by atoms with E-state index in [1.54, 1.807) is 5.32 Å². The van der Waals surface area contributed by atoms with Crippen LogP contribution in [-0.2, 0) is 9.59 Å². The van der Waals surface area contributed by atoms with Gasteiger partial charge in [-0.2, -0.15) is 26.3 Å². The molecule has 0 saturated heterocycles. The fourth-order valence-electron chi connectivity index (χ4n) is 2.55. The second kappa shape index (κ2) is 6.74. The second-order valence-corrected chi connectivity index (χ2v) is 5.26. The van der Waals surface area contributed by atoms with Crippen molar-refractivity contribution < 1.29 is 41.0 Å². The SMILES string of the molecule is O=C(O)C(CC(F)(F)F)NC(=O)C1CCCCC1C(F)(F)F. The summed E-state index contributed by atoms with van der Waals surface area (Å²) in [4.78, 5) is 22.6. The number of amides is 1. The molecular formula is C12H15F6NO3. The molecule has 0 spiro atoms. The Morgan fingerprint density at radius 2 is 1.64 bits per heavy atom. The van der Waals surface area contributed by atoms with E-state index in [-0.39, 0.29) is 19.3 Å². The molecule has 1 amide bonds. The largest absolute Gasteiger partial charge is 0.480 e. The number of aliphatic carboxylic acids is 1. The Morgan fingerprint density at radius 3 is 2.09 bits per heavy atom. The van der Waals surface area contributed by atoms with Gasteiger partial charge in [-0.1, -0.05) is 12.8 Å². The highest BCUT2D eigenvalue weighted by Crippen LogP contribution is 2.41. The Bertz CT molecular complexity index is 420. The molecule has 10 heteroatoms. The number of carboxylic acids is 1. The quantitative estimate of drug-likeness (QED) is 0.777. The van der Waals surface area contributed by atoms with Gasteiger partial charge in [0, 0.05) is 5.92 Å². The molecule has 1 aliphatic carbocycles. The first-order valence-electron chi connectivity index (χ1n) is 6.58. The van der Waals surface area contributed by atoms with Gasteiger partial charge in [-0.25, -0.2) is 4.79 Å². The van der Waals surface area contributed by atoms with Crippen molar-refractivity contribution in [2.75, 3.05) is 0 Å². The van der Waals surface area contributed by atoms with Crippen molar-refractivity contribution in [1.82, 2.24) is 5.32 Å². The molecule has 0 aromatic carbocycles. The lowest BCUT2D eigenvalue weighted by Gasteiger charge is -2.32. The van der Waals surface area contributed by atoms with E-state index in [1.807, 2.05) is 0 Å². The van der Waals surface area contributed by atoms with E-state index >= 15 is 0 Å². The zero-order chi connectivity index (χ0) is 17.1. The average Bonchev–Trinajstić information content (AvgIpc) is 2.35. The van der Waals surface area contributed by atoms with Gasteiger partial charge in [0.2, 0.25) is 5.91 Å². The molecular weight excluding hydrogens is 320 g/mol. The summed E-state index contributed by atoms with van der Waals surface area (Å²) in [5, 5.41) is 10.3. The normalized spacial score (nSPS) is 24.6. The van der Waals surface area contributed by atoms with E-state index in [4.69, 9.17) is 5.11 Å². The molecule has 128 valence electrons. The summed E-state index contributed by atoms with van der Waals surface area (Å²) in [6.07, 6.45) is -11.2. The van der Waals surface area contributed by atoms with Crippen LogP contribution in [0.1, 0.15) is 32.1 Å². The topological polar surface area (TPSA) is 66.4 Å². The molecule has 0 heterocycles. The van der Waals surface area contributed by atoms with Gasteiger partial charge >= 0.3 is 18.3 Å². The summed E-state index contributed by atoms with van der Waals surface area (Å²) in [6.45, 7) is 0. The van der Waals surface area contributed by atoms with Crippen molar-refractivity contribution in [3.63, 3.8) is 0 Å². The van der Waals surface area contributed by atoms with E-state index in [9.17, 15) is 35.9 Å². The molecule has 1 fully saturated rings. The van der Waals surface area contributed by atoms with E-state index in [0.717, 1.165) is 0 Å². The maximum absolute atomic E-state index is 12.8.